The summed E-state index contributed by atoms with van der Waals surface area (Å²) >= 11 is 0. The third kappa shape index (κ3) is 7.01. The zero-order chi connectivity index (χ0) is 10.6. The van der Waals surface area contributed by atoms with E-state index in [2.05, 4.69) is 0 Å². The van der Waals surface area contributed by atoms with Gasteiger partial charge in [-0.05, 0) is 5.92 Å². The second-order valence-electron chi connectivity index (χ2n) is 4.99. The van der Waals surface area contributed by atoms with E-state index in [1.807, 2.05) is 33.5 Å². The van der Waals surface area contributed by atoms with Crippen molar-refractivity contribution in [3.63, 3.8) is 0 Å². The Hall–Kier alpha value is -0.443. The van der Waals surface area contributed by atoms with Crippen LogP contribution in [0.2, 0.25) is 19.6 Å². The van der Waals surface area contributed by atoms with Crippen molar-refractivity contribution in [2.24, 2.45) is 5.92 Å². The van der Waals surface area contributed by atoms with E-state index in [0.717, 1.165) is 0 Å². The van der Waals surface area contributed by atoms with Crippen molar-refractivity contribution in [3.8, 4) is 0 Å². The van der Waals surface area contributed by atoms with Crippen LogP contribution in [-0.2, 0) is 9.59 Å². The number of hydrogen-bond donors (Lipinski definition) is 0. The van der Waals surface area contributed by atoms with Crippen LogP contribution >= 0.6 is 0 Å². The lowest BCUT2D eigenvalue weighted by molar-refractivity contribution is -0.124. The van der Waals surface area contributed by atoms with Gasteiger partial charge in [-0.25, -0.2) is 0 Å². The Bertz CT molecular complexity index is 202. The van der Waals surface area contributed by atoms with Crippen molar-refractivity contribution in [3.05, 3.63) is 0 Å². The zero-order valence-corrected chi connectivity index (χ0v) is 10.3. The molecule has 0 aromatic rings. The minimum absolute atomic E-state index is 0. The summed E-state index contributed by atoms with van der Waals surface area (Å²) in [6.07, 6.45) is 0.699. The Morgan fingerprint density at radius 3 is 1.86 bits per heavy atom. The van der Waals surface area contributed by atoms with Crippen LogP contribution in [0.1, 0.15) is 34.1 Å². The van der Waals surface area contributed by atoms with Gasteiger partial charge in [0.15, 0.2) is 0 Å². The SMILES string of the molecule is C.CC(C)CC(=O)CC(=O)[Si](C)(C)C. The maximum absolute atomic E-state index is 11.5. The molecule has 0 amide bonds. The minimum Gasteiger partial charge on any atom is -0.305 e. The van der Waals surface area contributed by atoms with E-state index in [0.29, 0.717) is 12.3 Å². The van der Waals surface area contributed by atoms with Crippen LogP contribution in [-0.4, -0.2) is 19.3 Å². The Labute approximate surface area is 89.1 Å². The molecule has 0 spiro atoms. The molecule has 0 aromatic heterocycles. The molecule has 0 heterocycles. The van der Waals surface area contributed by atoms with Gasteiger partial charge in [-0.2, -0.15) is 0 Å². The van der Waals surface area contributed by atoms with Crippen molar-refractivity contribution < 1.29 is 9.59 Å². The van der Waals surface area contributed by atoms with Gasteiger partial charge < -0.3 is 4.79 Å². The number of rotatable bonds is 5. The normalized spacial score (nSPS) is 11.0. The van der Waals surface area contributed by atoms with Gasteiger partial charge in [0.05, 0.1) is 6.42 Å². The highest BCUT2D eigenvalue weighted by Crippen LogP contribution is 2.09. The number of ketones is 1. The summed E-state index contributed by atoms with van der Waals surface area (Å²) in [6.45, 7) is 9.95. The molecule has 84 valence electrons. The molecule has 0 aliphatic heterocycles. The van der Waals surface area contributed by atoms with E-state index in [4.69, 9.17) is 0 Å². The van der Waals surface area contributed by atoms with Crippen LogP contribution in [0.25, 0.3) is 0 Å². The van der Waals surface area contributed by atoms with Crippen LogP contribution in [0.15, 0.2) is 0 Å². The Balaban J connectivity index is 0. The van der Waals surface area contributed by atoms with E-state index in [9.17, 15) is 9.59 Å². The van der Waals surface area contributed by atoms with Gasteiger partial charge >= 0.3 is 0 Å². The highest BCUT2D eigenvalue weighted by atomic mass is 28.3. The van der Waals surface area contributed by atoms with Crippen LogP contribution in [0, 0.1) is 5.92 Å². The number of carbonyl (C=O) groups is 2. The Morgan fingerprint density at radius 1 is 1.14 bits per heavy atom. The first-order valence-electron chi connectivity index (χ1n) is 4.78. The molecule has 0 fully saturated rings. The van der Waals surface area contributed by atoms with Crippen LogP contribution in [0.3, 0.4) is 0 Å². The molecular formula is C11H24O2Si. The van der Waals surface area contributed by atoms with E-state index >= 15 is 0 Å². The Morgan fingerprint density at radius 2 is 1.57 bits per heavy atom. The average Bonchev–Trinajstić information content (AvgIpc) is 1.82. The molecule has 0 saturated heterocycles. The molecule has 0 bridgehead atoms. The molecule has 0 aromatic carbocycles. The summed E-state index contributed by atoms with van der Waals surface area (Å²) in [7, 11) is -1.73. The first-order valence-corrected chi connectivity index (χ1v) is 8.28. The fourth-order valence-electron chi connectivity index (χ4n) is 0.972. The average molecular weight is 216 g/mol. The van der Waals surface area contributed by atoms with Gasteiger partial charge in [0.25, 0.3) is 0 Å². The second-order valence-corrected chi connectivity index (χ2v) is 10.0. The molecule has 0 unspecified atom stereocenters. The molecule has 0 saturated carbocycles. The van der Waals surface area contributed by atoms with Crippen molar-refractivity contribution in [1.82, 2.24) is 0 Å². The summed E-state index contributed by atoms with van der Waals surface area (Å²) in [5, 5.41) is 0.179. The summed E-state index contributed by atoms with van der Waals surface area (Å²) in [4.78, 5) is 22.8. The number of Topliss-reactive ketones (excluding diaryl/α,β-unsaturated/α-hetero) is 1. The van der Waals surface area contributed by atoms with Crippen molar-refractivity contribution in [2.45, 2.75) is 53.8 Å². The summed E-state index contributed by atoms with van der Waals surface area (Å²) in [5.41, 5.74) is 0. The molecule has 0 N–H and O–H groups in total. The minimum atomic E-state index is -1.73. The third-order valence-electron chi connectivity index (χ3n) is 1.83. The molecule has 2 nitrogen and oxygen atoms in total. The number of carbonyl (C=O) groups excluding carboxylic acids is 2. The van der Waals surface area contributed by atoms with Crippen LogP contribution in [0.5, 0.6) is 0 Å². The predicted octanol–water partition coefficient (Wildman–Crippen LogP) is 3.07. The van der Waals surface area contributed by atoms with Gasteiger partial charge in [0.1, 0.15) is 19.3 Å². The molecule has 14 heavy (non-hydrogen) atoms. The fraction of sp³-hybridized carbons (Fsp3) is 0.818. The zero-order valence-electron chi connectivity index (χ0n) is 9.31. The molecule has 0 aliphatic carbocycles. The van der Waals surface area contributed by atoms with Gasteiger partial charge in [-0.1, -0.05) is 40.9 Å². The first kappa shape index (κ1) is 16.0. The highest BCUT2D eigenvalue weighted by Gasteiger charge is 2.25. The summed E-state index contributed by atoms with van der Waals surface area (Å²) in [5.74, 6) is 0.462. The topological polar surface area (TPSA) is 34.1 Å². The van der Waals surface area contributed by atoms with Crippen molar-refractivity contribution in [2.75, 3.05) is 0 Å². The molecule has 3 heteroatoms. The standard InChI is InChI=1S/C10H20O2Si.CH4/c1-8(2)6-9(11)7-10(12)13(3,4)5;/h8H,6-7H2,1-5H3;1H4. The van der Waals surface area contributed by atoms with Crippen LogP contribution < -0.4 is 0 Å². The first-order chi connectivity index (χ1) is 5.73. The predicted molar refractivity (Wildman–Crippen MR) is 64.2 cm³/mol. The lowest BCUT2D eigenvalue weighted by atomic mass is 10.1. The van der Waals surface area contributed by atoms with E-state index < -0.39 is 8.07 Å². The van der Waals surface area contributed by atoms with E-state index in [1.165, 1.54) is 0 Å². The van der Waals surface area contributed by atoms with Gasteiger partial charge in [-0.3, -0.25) is 4.79 Å². The molecule has 0 rings (SSSR count). The van der Waals surface area contributed by atoms with E-state index in [-0.39, 0.29) is 25.0 Å². The smallest absolute Gasteiger partial charge is 0.140 e. The second kappa shape index (κ2) is 6.12. The quantitative estimate of drug-likeness (QED) is 0.523. The fourth-order valence-corrected chi connectivity index (χ4v) is 1.70. The third-order valence-corrected chi connectivity index (χ3v) is 3.68. The maximum atomic E-state index is 11.5. The summed E-state index contributed by atoms with van der Waals surface area (Å²) in [6, 6.07) is 0. The van der Waals surface area contributed by atoms with E-state index in [1.54, 1.807) is 0 Å². The monoisotopic (exact) mass is 216 g/mol. The van der Waals surface area contributed by atoms with Gasteiger partial charge in [-0.15, -0.1) is 0 Å². The molecular weight excluding hydrogens is 192 g/mol. The van der Waals surface area contributed by atoms with Gasteiger partial charge in [0, 0.05) is 6.42 Å². The van der Waals surface area contributed by atoms with Crippen LogP contribution in [0.4, 0.5) is 0 Å². The largest absolute Gasteiger partial charge is 0.305 e. The lowest BCUT2D eigenvalue weighted by Crippen LogP contribution is -2.35. The number of hydrogen-bond acceptors (Lipinski definition) is 2. The molecule has 0 radical (unpaired) electrons. The lowest BCUT2D eigenvalue weighted by Gasteiger charge is -2.13. The summed E-state index contributed by atoms with van der Waals surface area (Å²) < 4.78 is 0. The maximum Gasteiger partial charge on any atom is 0.140 e. The highest BCUT2D eigenvalue weighted by molar-refractivity contribution is 7.03. The Kier molecular flexibility index (Phi) is 6.99. The molecule has 0 atom stereocenters. The van der Waals surface area contributed by atoms with Crippen molar-refractivity contribution in [1.29, 1.82) is 0 Å². The van der Waals surface area contributed by atoms with Gasteiger partial charge in [0.2, 0.25) is 0 Å². The van der Waals surface area contributed by atoms with Crippen molar-refractivity contribution >= 4 is 19.3 Å². The molecule has 0 aliphatic rings.